The number of nitrogens with one attached hydrogen (secondary N) is 3. The van der Waals surface area contributed by atoms with Crippen molar-refractivity contribution in [1.82, 2.24) is 15.6 Å². The summed E-state index contributed by atoms with van der Waals surface area (Å²) in [5, 5.41) is 6.77. The van der Waals surface area contributed by atoms with E-state index in [-0.39, 0.29) is 17.0 Å². The molecule has 0 aliphatic carbocycles. The van der Waals surface area contributed by atoms with Crippen LogP contribution in [-0.2, 0) is 4.74 Å². The summed E-state index contributed by atoms with van der Waals surface area (Å²) in [6.07, 6.45) is 0. The Morgan fingerprint density at radius 3 is 2.77 bits per heavy atom. The molecule has 0 unspecified atom stereocenters. The minimum atomic E-state index is -0.360. The molecule has 0 atom stereocenters. The van der Waals surface area contributed by atoms with Crippen LogP contribution in [-0.4, -0.2) is 44.2 Å². The first-order chi connectivity index (χ1) is 10.6. The van der Waals surface area contributed by atoms with Crippen LogP contribution in [0, 0.1) is 6.92 Å². The first-order valence-corrected chi connectivity index (χ1v) is 7.24. The molecule has 2 rings (SSSR count). The number of para-hydroxylation sites is 1. The third kappa shape index (κ3) is 3.72. The lowest BCUT2D eigenvalue weighted by molar-refractivity contribution is 0.0951. The van der Waals surface area contributed by atoms with Gasteiger partial charge in [-0.15, -0.1) is 0 Å². The molecule has 0 spiro atoms. The largest absolute Gasteiger partial charge is 0.383 e. The molecule has 6 nitrogen and oxygen atoms in total. The van der Waals surface area contributed by atoms with E-state index in [1.807, 2.05) is 24.3 Å². The van der Waals surface area contributed by atoms with Crippen LogP contribution in [0.3, 0.4) is 0 Å². The van der Waals surface area contributed by atoms with Gasteiger partial charge in [0.1, 0.15) is 5.56 Å². The van der Waals surface area contributed by atoms with Crippen molar-refractivity contribution >= 4 is 16.8 Å². The average Bonchev–Trinajstić information content (AvgIpc) is 2.51. The van der Waals surface area contributed by atoms with Crippen LogP contribution in [0.4, 0.5) is 0 Å². The lowest BCUT2D eigenvalue weighted by atomic mass is 10.0. The molecular weight excluding hydrogens is 282 g/mol. The summed E-state index contributed by atoms with van der Waals surface area (Å²) in [5.41, 5.74) is 1.25. The molecule has 0 bridgehead atoms. The summed E-state index contributed by atoms with van der Waals surface area (Å²) in [5.74, 6) is -0.349. The van der Waals surface area contributed by atoms with Crippen molar-refractivity contribution in [2.24, 2.45) is 0 Å². The van der Waals surface area contributed by atoms with Gasteiger partial charge in [0.05, 0.1) is 6.61 Å². The molecule has 1 amide bonds. The Morgan fingerprint density at radius 1 is 1.23 bits per heavy atom. The smallest absolute Gasteiger partial charge is 0.261 e. The van der Waals surface area contributed by atoms with Crippen LogP contribution in [0.25, 0.3) is 10.9 Å². The van der Waals surface area contributed by atoms with E-state index in [9.17, 15) is 9.59 Å². The normalized spacial score (nSPS) is 10.8. The molecular formula is C16H21N3O3. The van der Waals surface area contributed by atoms with Gasteiger partial charge in [-0.1, -0.05) is 18.2 Å². The van der Waals surface area contributed by atoms with Gasteiger partial charge in [0.15, 0.2) is 0 Å². The van der Waals surface area contributed by atoms with E-state index < -0.39 is 0 Å². The number of hydrogen-bond donors (Lipinski definition) is 3. The Morgan fingerprint density at radius 2 is 2.00 bits per heavy atom. The van der Waals surface area contributed by atoms with Gasteiger partial charge in [0.2, 0.25) is 0 Å². The molecule has 0 aliphatic heterocycles. The summed E-state index contributed by atoms with van der Waals surface area (Å²) in [6.45, 7) is 4.22. The molecule has 0 aliphatic rings. The van der Waals surface area contributed by atoms with Gasteiger partial charge in [-0.25, -0.2) is 0 Å². The number of methoxy groups -OCH3 is 1. The van der Waals surface area contributed by atoms with E-state index in [1.54, 1.807) is 14.0 Å². The maximum atomic E-state index is 12.2. The van der Waals surface area contributed by atoms with E-state index in [4.69, 9.17) is 4.74 Å². The second kappa shape index (κ2) is 7.72. The maximum absolute atomic E-state index is 12.2. The van der Waals surface area contributed by atoms with E-state index >= 15 is 0 Å². The number of rotatable bonds is 7. The van der Waals surface area contributed by atoms with Crippen LogP contribution < -0.4 is 16.2 Å². The van der Waals surface area contributed by atoms with E-state index in [1.165, 1.54) is 0 Å². The summed E-state index contributed by atoms with van der Waals surface area (Å²) in [4.78, 5) is 27.1. The van der Waals surface area contributed by atoms with Crippen molar-refractivity contribution in [1.29, 1.82) is 0 Å². The molecule has 118 valence electrons. The minimum absolute atomic E-state index is 0.176. The predicted octanol–water partition coefficient (Wildman–Crippen LogP) is 0.802. The molecule has 0 fully saturated rings. The summed E-state index contributed by atoms with van der Waals surface area (Å²) in [6, 6.07) is 7.45. The number of carbonyl (C=O) groups excluding carboxylic acids is 1. The van der Waals surface area contributed by atoms with Crippen molar-refractivity contribution < 1.29 is 9.53 Å². The standard InChI is InChI=1S/C16H21N3O3/c1-11-12-5-3-4-6-13(12)19-16(21)14(11)15(20)18-8-7-17-9-10-22-2/h3-6,17H,7-10H2,1-2H3,(H,18,20)(H,19,21). The Labute approximate surface area is 128 Å². The highest BCUT2D eigenvalue weighted by molar-refractivity contribution is 5.99. The van der Waals surface area contributed by atoms with Crippen molar-refractivity contribution in [3.63, 3.8) is 0 Å². The lowest BCUT2D eigenvalue weighted by Crippen LogP contribution is -2.36. The third-order valence-electron chi connectivity index (χ3n) is 3.48. The number of pyridine rings is 1. The van der Waals surface area contributed by atoms with Crippen molar-refractivity contribution in [3.8, 4) is 0 Å². The molecule has 0 saturated carbocycles. The van der Waals surface area contributed by atoms with Crippen LogP contribution in [0.15, 0.2) is 29.1 Å². The number of amides is 1. The summed E-state index contributed by atoms with van der Waals surface area (Å²) < 4.78 is 4.92. The van der Waals surface area contributed by atoms with E-state index in [0.29, 0.717) is 25.3 Å². The number of aromatic amines is 1. The molecule has 22 heavy (non-hydrogen) atoms. The maximum Gasteiger partial charge on any atom is 0.261 e. The molecule has 1 aromatic heterocycles. The van der Waals surface area contributed by atoms with Crippen LogP contribution in [0.2, 0.25) is 0 Å². The number of fused-ring (bicyclic) bond motifs is 1. The van der Waals surface area contributed by atoms with Crippen molar-refractivity contribution in [3.05, 3.63) is 45.7 Å². The van der Waals surface area contributed by atoms with Crippen LogP contribution in [0.1, 0.15) is 15.9 Å². The molecule has 0 saturated heterocycles. The predicted molar refractivity (Wildman–Crippen MR) is 86.4 cm³/mol. The number of aromatic nitrogens is 1. The van der Waals surface area contributed by atoms with Crippen LogP contribution in [0.5, 0.6) is 0 Å². The van der Waals surface area contributed by atoms with Gasteiger partial charge in [-0.2, -0.15) is 0 Å². The Bertz CT molecular complexity index is 709. The van der Waals surface area contributed by atoms with E-state index in [0.717, 1.165) is 17.4 Å². The van der Waals surface area contributed by atoms with Gasteiger partial charge in [-0.3, -0.25) is 9.59 Å². The number of carbonyl (C=O) groups is 1. The van der Waals surface area contributed by atoms with Gasteiger partial charge in [-0.05, 0) is 18.6 Å². The fourth-order valence-corrected chi connectivity index (χ4v) is 2.33. The monoisotopic (exact) mass is 303 g/mol. The minimum Gasteiger partial charge on any atom is -0.383 e. The quantitative estimate of drug-likeness (QED) is 0.661. The Hall–Kier alpha value is -2.18. The number of aryl methyl sites for hydroxylation is 1. The van der Waals surface area contributed by atoms with Gasteiger partial charge < -0.3 is 20.4 Å². The van der Waals surface area contributed by atoms with Crippen molar-refractivity contribution in [2.45, 2.75) is 6.92 Å². The Balaban J connectivity index is 2.07. The Kier molecular flexibility index (Phi) is 5.68. The third-order valence-corrected chi connectivity index (χ3v) is 3.48. The summed E-state index contributed by atoms with van der Waals surface area (Å²) in [7, 11) is 1.64. The molecule has 3 N–H and O–H groups in total. The average molecular weight is 303 g/mol. The fourth-order valence-electron chi connectivity index (χ4n) is 2.33. The topological polar surface area (TPSA) is 83.2 Å². The first kappa shape index (κ1) is 16.2. The second-order valence-corrected chi connectivity index (χ2v) is 5.00. The zero-order chi connectivity index (χ0) is 15.9. The van der Waals surface area contributed by atoms with Crippen molar-refractivity contribution in [2.75, 3.05) is 33.4 Å². The summed E-state index contributed by atoms with van der Waals surface area (Å²) >= 11 is 0. The highest BCUT2D eigenvalue weighted by Crippen LogP contribution is 2.16. The zero-order valence-electron chi connectivity index (χ0n) is 12.9. The molecule has 1 aromatic carbocycles. The van der Waals surface area contributed by atoms with Crippen LogP contribution >= 0.6 is 0 Å². The highest BCUT2D eigenvalue weighted by atomic mass is 16.5. The first-order valence-electron chi connectivity index (χ1n) is 7.24. The number of H-pyrrole nitrogens is 1. The zero-order valence-corrected chi connectivity index (χ0v) is 12.9. The lowest BCUT2D eigenvalue weighted by Gasteiger charge is -2.10. The van der Waals surface area contributed by atoms with Gasteiger partial charge >= 0.3 is 0 Å². The molecule has 2 aromatic rings. The molecule has 6 heteroatoms. The molecule has 0 radical (unpaired) electrons. The SMILES string of the molecule is COCCNCCNC(=O)c1c(C)c2ccccc2[nH]c1=O. The number of ether oxygens (including phenoxy) is 1. The van der Waals surface area contributed by atoms with Gasteiger partial charge in [0, 0.05) is 37.6 Å². The highest BCUT2D eigenvalue weighted by Gasteiger charge is 2.15. The van der Waals surface area contributed by atoms with E-state index in [2.05, 4.69) is 15.6 Å². The number of benzene rings is 1. The molecule has 1 heterocycles. The fraction of sp³-hybridized carbons (Fsp3) is 0.375. The second-order valence-electron chi connectivity index (χ2n) is 5.00. The number of hydrogen-bond acceptors (Lipinski definition) is 4. The van der Waals surface area contributed by atoms with Gasteiger partial charge in [0.25, 0.3) is 11.5 Å².